The number of nitrogens with two attached hydrogens (primary N) is 1. The van der Waals surface area contributed by atoms with Crippen LogP contribution in [0.25, 0.3) is 0 Å². The molecule has 0 spiro atoms. The first-order valence-corrected chi connectivity index (χ1v) is 6.34. The minimum Gasteiger partial charge on any atom is -0.351 e. The molecular formula is C13H20N4O. The van der Waals surface area contributed by atoms with Gasteiger partial charge in [-0.3, -0.25) is 4.79 Å². The number of anilines is 1. The molecule has 0 saturated heterocycles. The van der Waals surface area contributed by atoms with Gasteiger partial charge in [0.1, 0.15) is 5.82 Å². The highest BCUT2D eigenvalue weighted by molar-refractivity contribution is 5.94. The first kappa shape index (κ1) is 12.8. The Hall–Kier alpha value is -1.62. The number of hydrogen-bond donors (Lipinski definition) is 3. The van der Waals surface area contributed by atoms with E-state index in [9.17, 15) is 4.79 Å². The Labute approximate surface area is 107 Å². The van der Waals surface area contributed by atoms with Gasteiger partial charge in [0.05, 0.1) is 5.56 Å². The Morgan fingerprint density at radius 1 is 1.44 bits per heavy atom. The second-order valence-corrected chi connectivity index (χ2v) is 5.28. The summed E-state index contributed by atoms with van der Waals surface area (Å²) in [6.45, 7) is 2.97. The normalized spacial score (nSPS) is 17.4. The van der Waals surface area contributed by atoms with Crippen LogP contribution in [0.2, 0.25) is 0 Å². The van der Waals surface area contributed by atoms with Gasteiger partial charge in [0.25, 0.3) is 5.91 Å². The average Bonchev–Trinajstić information content (AvgIpc) is 2.83. The Balaban J connectivity index is 1.90. The van der Waals surface area contributed by atoms with Crippen LogP contribution < -0.4 is 16.6 Å². The standard InChI is InChI=1S/C13H20N4O/c1-13(6-2-3-7-13)9-16-12(18)10-4-5-11(17-14)15-8-10/h4-5,8H,2-3,6-7,9,14H2,1H3,(H,15,17)(H,16,18). The number of carbonyl (C=O) groups is 1. The number of nitrogens with zero attached hydrogens (tertiary/aromatic N) is 1. The monoisotopic (exact) mass is 248 g/mol. The van der Waals surface area contributed by atoms with Gasteiger partial charge in [0.15, 0.2) is 0 Å². The Kier molecular flexibility index (Phi) is 3.81. The Morgan fingerprint density at radius 3 is 2.72 bits per heavy atom. The van der Waals surface area contributed by atoms with Crippen LogP contribution in [-0.2, 0) is 0 Å². The molecule has 0 unspecified atom stereocenters. The maximum atomic E-state index is 11.9. The number of nitrogen functional groups attached to an aromatic ring is 1. The number of pyridine rings is 1. The van der Waals surface area contributed by atoms with Crippen molar-refractivity contribution in [3.05, 3.63) is 23.9 Å². The predicted molar refractivity (Wildman–Crippen MR) is 71.0 cm³/mol. The van der Waals surface area contributed by atoms with E-state index < -0.39 is 0 Å². The van der Waals surface area contributed by atoms with Gasteiger partial charge in [-0.15, -0.1) is 0 Å². The molecule has 0 atom stereocenters. The lowest BCUT2D eigenvalue weighted by Crippen LogP contribution is -2.34. The van der Waals surface area contributed by atoms with Crippen molar-refractivity contribution < 1.29 is 4.79 Å². The molecule has 1 aliphatic rings. The molecule has 1 aliphatic carbocycles. The molecule has 1 aromatic heterocycles. The molecular weight excluding hydrogens is 228 g/mol. The molecule has 0 aliphatic heterocycles. The van der Waals surface area contributed by atoms with Crippen molar-refractivity contribution in [2.75, 3.05) is 12.0 Å². The largest absolute Gasteiger partial charge is 0.351 e. The summed E-state index contributed by atoms with van der Waals surface area (Å²) in [5.41, 5.74) is 3.26. The molecule has 1 fully saturated rings. The molecule has 1 heterocycles. The van der Waals surface area contributed by atoms with E-state index in [1.807, 2.05) is 0 Å². The van der Waals surface area contributed by atoms with Gasteiger partial charge < -0.3 is 10.7 Å². The molecule has 1 amide bonds. The topological polar surface area (TPSA) is 80.0 Å². The zero-order chi connectivity index (χ0) is 13.0. The second kappa shape index (κ2) is 5.35. The highest BCUT2D eigenvalue weighted by Gasteiger charge is 2.28. The van der Waals surface area contributed by atoms with Crippen LogP contribution in [0, 0.1) is 5.41 Å². The molecule has 4 N–H and O–H groups in total. The predicted octanol–water partition coefficient (Wildman–Crippen LogP) is 1.68. The summed E-state index contributed by atoms with van der Waals surface area (Å²) in [6, 6.07) is 3.40. The maximum Gasteiger partial charge on any atom is 0.252 e. The van der Waals surface area contributed by atoms with Crippen molar-refractivity contribution in [1.29, 1.82) is 0 Å². The van der Waals surface area contributed by atoms with Crippen molar-refractivity contribution in [1.82, 2.24) is 10.3 Å². The maximum absolute atomic E-state index is 11.9. The van der Waals surface area contributed by atoms with E-state index in [0.29, 0.717) is 11.4 Å². The molecule has 5 nitrogen and oxygen atoms in total. The van der Waals surface area contributed by atoms with Crippen LogP contribution in [0.1, 0.15) is 43.0 Å². The Bertz CT molecular complexity index is 410. The smallest absolute Gasteiger partial charge is 0.252 e. The van der Waals surface area contributed by atoms with E-state index in [0.717, 1.165) is 6.54 Å². The third-order valence-electron chi connectivity index (χ3n) is 3.66. The minimum atomic E-state index is -0.0702. The van der Waals surface area contributed by atoms with Crippen LogP contribution in [-0.4, -0.2) is 17.4 Å². The van der Waals surface area contributed by atoms with Crippen molar-refractivity contribution in [3.63, 3.8) is 0 Å². The highest BCUT2D eigenvalue weighted by atomic mass is 16.1. The summed E-state index contributed by atoms with van der Waals surface area (Å²) in [6.07, 6.45) is 6.46. The first-order chi connectivity index (χ1) is 8.63. The molecule has 2 rings (SSSR count). The van der Waals surface area contributed by atoms with Crippen LogP contribution >= 0.6 is 0 Å². The molecule has 98 valence electrons. The number of carbonyl (C=O) groups excluding carboxylic acids is 1. The SMILES string of the molecule is CC1(CNC(=O)c2ccc(NN)nc2)CCCC1. The van der Waals surface area contributed by atoms with Crippen LogP contribution in [0.5, 0.6) is 0 Å². The third kappa shape index (κ3) is 2.98. The molecule has 1 aromatic rings. The van der Waals surface area contributed by atoms with Gasteiger partial charge in [0.2, 0.25) is 0 Å². The van der Waals surface area contributed by atoms with Crippen LogP contribution in [0.15, 0.2) is 18.3 Å². The lowest BCUT2D eigenvalue weighted by atomic mass is 9.89. The Morgan fingerprint density at radius 2 is 2.17 bits per heavy atom. The van der Waals surface area contributed by atoms with Crippen molar-refractivity contribution in [3.8, 4) is 0 Å². The molecule has 0 radical (unpaired) electrons. The fraction of sp³-hybridized carbons (Fsp3) is 0.538. The minimum absolute atomic E-state index is 0.0702. The molecule has 1 saturated carbocycles. The number of nitrogens with one attached hydrogen (secondary N) is 2. The van der Waals surface area contributed by atoms with Gasteiger partial charge in [0, 0.05) is 12.7 Å². The number of aromatic nitrogens is 1. The summed E-state index contributed by atoms with van der Waals surface area (Å²) in [4.78, 5) is 16.0. The average molecular weight is 248 g/mol. The van der Waals surface area contributed by atoms with Gasteiger partial charge in [-0.2, -0.15) is 0 Å². The van der Waals surface area contributed by atoms with Crippen LogP contribution in [0.4, 0.5) is 5.82 Å². The van der Waals surface area contributed by atoms with E-state index in [-0.39, 0.29) is 11.3 Å². The van der Waals surface area contributed by atoms with Gasteiger partial charge in [-0.1, -0.05) is 19.8 Å². The zero-order valence-electron chi connectivity index (χ0n) is 10.7. The summed E-state index contributed by atoms with van der Waals surface area (Å²) >= 11 is 0. The van der Waals surface area contributed by atoms with E-state index in [4.69, 9.17) is 5.84 Å². The number of rotatable bonds is 4. The fourth-order valence-electron chi connectivity index (χ4n) is 2.41. The van der Waals surface area contributed by atoms with Gasteiger partial charge >= 0.3 is 0 Å². The summed E-state index contributed by atoms with van der Waals surface area (Å²) < 4.78 is 0. The van der Waals surface area contributed by atoms with Crippen LogP contribution in [0.3, 0.4) is 0 Å². The molecule has 0 aromatic carbocycles. The van der Waals surface area contributed by atoms with Crippen molar-refractivity contribution in [2.45, 2.75) is 32.6 Å². The van der Waals surface area contributed by atoms with Crippen molar-refractivity contribution in [2.24, 2.45) is 11.3 Å². The summed E-state index contributed by atoms with van der Waals surface area (Å²) in [7, 11) is 0. The third-order valence-corrected chi connectivity index (χ3v) is 3.66. The summed E-state index contributed by atoms with van der Waals surface area (Å²) in [5.74, 6) is 5.70. The van der Waals surface area contributed by atoms with Gasteiger partial charge in [-0.05, 0) is 30.4 Å². The van der Waals surface area contributed by atoms with Gasteiger partial charge in [-0.25, -0.2) is 10.8 Å². The van der Waals surface area contributed by atoms with Crippen molar-refractivity contribution >= 4 is 11.7 Å². The highest BCUT2D eigenvalue weighted by Crippen LogP contribution is 2.36. The quantitative estimate of drug-likeness (QED) is 0.559. The zero-order valence-corrected chi connectivity index (χ0v) is 10.7. The molecule has 5 heteroatoms. The fourth-order valence-corrected chi connectivity index (χ4v) is 2.41. The molecule has 0 bridgehead atoms. The lowest BCUT2D eigenvalue weighted by molar-refractivity contribution is 0.0934. The number of hydrazine groups is 1. The second-order valence-electron chi connectivity index (χ2n) is 5.28. The van der Waals surface area contributed by atoms with E-state index in [1.165, 1.54) is 31.9 Å². The van der Waals surface area contributed by atoms with E-state index in [2.05, 4.69) is 22.7 Å². The van der Waals surface area contributed by atoms with E-state index >= 15 is 0 Å². The first-order valence-electron chi connectivity index (χ1n) is 6.34. The molecule has 18 heavy (non-hydrogen) atoms. The number of hydrogen-bond acceptors (Lipinski definition) is 4. The summed E-state index contributed by atoms with van der Waals surface area (Å²) in [5, 5.41) is 2.99. The lowest BCUT2D eigenvalue weighted by Gasteiger charge is -2.23. The number of amides is 1. The van der Waals surface area contributed by atoms with E-state index in [1.54, 1.807) is 12.1 Å².